The van der Waals surface area contributed by atoms with Gasteiger partial charge in [0.05, 0.1) is 0 Å². The highest BCUT2D eigenvalue weighted by Gasteiger charge is 2.20. The Morgan fingerprint density at radius 3 is 2.32 bits per heavy atom. The molecule has 1 saturated heterocycles. The van der Waals surface area contributed by atoms with Crippen molar-refractivity contribution in [2.24, 2.45) is 0 Å². The molecule has 1 heterocycles. The lowest BCUT2D eigenvalue weighted by molar-refractivity contribution is 0.140. The number of anilines is 1. The Morgan fingerprint density at radius 1 is 1.00 bits per heavy atom. The van der Waals surface area contributed by atoms with Gasteiger partial charge in [0.1, 0.15) is 12.4 Å². The van der Waals surface area contributed by atoms with Gasteiger partial charge in [0.25, 0.3) is 0 Å². The maximum absolute atomic E-state index is 12.5. The van der Waals surface area contributed by atoms with Crippen molar-refractivity contribution >= 4 is 11.7 Å². The van der Waals surface area contributed by atoms with Crippen molar-refractivity contribution in [2.45, 2.75) is 6.61 Å². The zero-order valence-corrected chi connectivity index (χ0v) is 16.8. The first kappa shape index (κ1) is 20.2. The fourth-order valence-electron chi connectivity index (χ4n) is 3.09. The molecule has 28 heavy (non-hydrogen) atoms. The Labute approximate surface area is 167 Å². The van der Waals surface area contributed by atoms with E-state index in [0.29, 0.717) is 6.61 Å². The van der Waals surface area contributed by atoms with E-state index < -0.39 is 0 Å². The molecule has 1 aliphatic rings. The molecular weight excluding hydrogens is 352 g/mol. The van der Waals surface area contributed by atoms with Crippen LogP contribution in [0.25, 0.3) is 0 Å². The molecule has 0 aliphatic carbocycles. The summed E-state index contributed by atoms with van der Waals surface area (Å²) >= 11 is 0. The van der Waals surface area contributed by atoms with Crippen molar-refractivity contribution in [3.63, 3.8) is 0 Å². The topological polar surface area (TPSA) is 48.0 Å². The lowest BCUT2D eigenvalue weighted by atomic mass is 10.2. The zero-order chi connectivity index (χ0) is 19.8. The number of urea groups is 1. The van der Waals surface area contributed by atoms with Crippen molar-refractivity contribution in [1.82, 2.24) is 14.7 Å². The van der Waals surface area contributed by atoms with Crippen molar-refractivity contribution in [2.75, 3.05) is 58.7 Å². The van der Waals surface area contributed by atoms with E-state index in [1.807, 2.05) is 59.5 Å². The van der Waals surface area contributed by atoms with Crippen LogP contribution >= 0.6 is 0 Å². The average Bonchev–Trinajstić information content (AvgIpc) is 2.73. The predicted octanol–water partition coefficient (Wildman–Crippen LogP) is 2.98. The maximum atomic E-state index is 12.5. The van der Waals surface area contributed by atoms with Gasteiger partial charge in [-0.15, -0.1) is 0 Å². The molecular formula is C22H30N4O2. The number of nitrogens with zero attached hydrogens (tertiary/aromatic N) is 3. The Balaban J connectivity index is 1.42. The van der Waals surface area contributed by atoms with E-state index in [1.165, 1.54) is 0 Å². The molecule has 0 saturated carbocycles. The van der Waals surface area contributed by atoms with Crippen LogP contribution in [0.1, 0.15) is 5.56 Å². The Kier molecular flexibility index (Phi) is 7.28. The van der Waals surface area contributed by atoms with E-state index in [-0.39, 0.29) is 6.03 Å². The van der Waals surface area contributed by atoms with E-state index >= 15 is 0 Å². The van der Waals surface area contributed by atoms with Gasteiger partial charge < -0.3 is 19.9 Å². The fourth-order valence-corrected chi connectivity index (χ4v) is 3.09. The van der Waals surface area contributed by atoms with Gasteiger partial charge in [-0.25, -0.2) is 4.79 Å². The monoisotopic (exact) mass is 382 g/mol. The minimum atomic E-state index is -0.0368. The van der Waals surface area contributed by atoms with Gasteiger partial charge in [-0.2, -0.15) is 0 Å². The van der Waals surface area contributed by atoms with Crippen LogP contribution in [-0.4, -0.2) is 74.1 Å². The second kappa shape index (κ2) is 10.1. The highest BCUT2D eigenvalue weighted by molar-refractivity contribution is 5.89. The smallest absolute Gasteiger partial charge is 0.321 e. The van der Waals surface area contributed by atoms with Crippen LogP contribution < -0.4 is 10.1 Å². The van der Waals surface area contributed by atoms with Crippen LogP contribution in [0.4, 0.5) is 10.5 Å². The number of ether oxygens (including phenoxy) is 1. The van der Waals surface area contributed by atoms with E-state index in [2.05, 4.69) is 29.2 Å². The molecule has 6 heteroatoms. The molecule has 0 bridgehead atoms. The van der Waals surface area contributed by atoms with Gasteiger partial charge in [-0.1, -0.05) is 30.3 Å². The van der Waals surface area contributed by atoms with Gasteiger partial charge >= 0.3 is 6.03 Å². The van der Waals surface area contributed by atoms with E-state index in [9.17, 15) is 4.79 Å². The largest absolute Gasteiger partial charge is 0.489 e. The van der Waals surface area contributed by atoms with Crippen LogP contribution in [0.5, 0.6) is 5.75 Å². The third-order valence-electron chi connectivity index (χ3n) is 4.88. The summed E-state index contributed by atoms with van der Waals surface area (Å²) in [6, 6.07) is 17.6. The van der Waals surface area contributed by atoms with Crippen LogP contribution in [0, 0.1) is 0 Å². The average molecular weight is 383 g/mol. The van der Waals surface area contributed by atoms with Crippen LogP contribution in [0.15, 0.2) is 54.6 Å². The zero-order valence-electron chi connectivity index (χ0n) is 16.8. The molecule has 0 atom stereocenters. The summed E-state index contributed by atoms with van der Waals surface area (Å²) in [7, 11) is 4.17. The summed E-state index contributed by atoms with van der Waals surface area (Å²) in [6.07, 6.45) is 0. The number of nitrogens with one attached hydrogen (secondary N) is 1. The summed E-state index contributed by atoms with van der Waals surface area (Å²) < 4.78 is 5.79. The molecule has 150 valence electrons. The predicted molar refractivity (Wildman–Crippen MR) is 113 cm³/mol. The lowest BCUT2D eigenvalue weighted by Crippen LogP contribution is -2.51. The molecule has 0 unspecified atom stereocenters. The van der Waals surface area contributed by atoms with Crippen molar-refractivity contribution in [3.05, 3.63) is 60.2 Å². The number of rotatable bonds is 7. The normalized spacial score (nSPS) is 14.9. The summed E-state index contributed by atoms with van der Waals surface area (Å²) in [6.45, 7) is 6.00. The molecule has 1 N–H and O–H groups in total. The van der Waals surface area contributed by atoms with Gasteiger partial charge in [0, 0.05) is 45.0 Å². The SMILES string of the molecule is CN(C)CCN1CCN(C(=O)Nc2ccc(OCc3ccccc3)cc2)CC1. The number of hydrogen-bond acceptors (Lipinski definition) is 4. The number of carbonyl (C=O) groups is 1. The molecule has 6 nitrogen and oxygen atoms in total. The molecule has 2 aromatic carbocycles. The van der Waals surface area contributed by atoms with E-state index in [0.717, 1.165) is 56.3 Å². The molecule has 2 amide bonds. The van der Waals surface area contributed by atoms with Gasteiger partial charge in [-0.05, 0) is 43.9 Å². The number of piperazine rings is 1. The summed E-state index contributed by atoms with van der Waals surface area (Å²) in [4.78, 5) is 19.0. The fraction of sp³-hybridized carbons (Fsp3) is 0.409. The standard InChI is InChI=1S/C22H30N4O2/c1-24(2)12-13-25-14-16-26(17-15-25)22(27)23-20-8-10-21(11-9-20)28-18-19-6-4-3-5-7-19/h3-11H,12-18H2,1-2H3,(H,23,27). The number of benzene rings is 2. The van der Waals surface area contributed by atoms with Gasteiger partial charge in [0.2, 0.25) is 0 Å². The number of amides is 2. The number of hydrogen-bond donors (Lipinski definition) is 1. The van der Waals surface area contributed by atoms with Gasteiger partial charge in [0.15, 0.2) is 0 Å². The minimum absolute atomic E-state index is 0.0368. The van der Waals surface area contributed by atoms with Crippen LogP contribution in [-0.2, 0) is 6.61 Å². The van der Waals surface area contributed by atoms with Crippen LogP contribution in [0.2, 0.25) is 0 Å². The first-order valence-electron chi connectivity index (χ1n) is 9.80. The first-order chi connectivity index (χ1) is 13.6. The van der Waals surface area contributed by atoms with E-state index in [4.69, 9.17) is 4.74 Å². The van der Waals surface area contributed by atoms with E-state index in [1.54, 1.807) is 0 Å². The molecule has 0 aromatic heterocycles. The minimum Gasteiger partial charge on any atom is -0.489 e. The second-order valence-electron chi connectivity index (χ2n) is 7.36. The summed E-state index contributed by atoms with van der Waals surface area (Å²) in [5.74, 6) is 0.788. The highest BCUT2D eigenvalue weighted by Crippen LogP contribution is 2.18. The molecule has 0 spiro atoms. The molecule has 1 fully saturated rings. The quantitative estimate of drug-likeness (QED) is 0.800. The Morgan fingerprint density at radius 2 is 1.68 bits per heavy atom. The number of carbonyl (C=O) groups excluding carboxylic acids is 1. The maximum Gasteiger partial charge on any atom is 0.321 e. The third kappa shape index (κ3) is 6.25. The highest BCUT2D eigenvalue weighted by atomic mass is 16.5. The Bertz CT molecular complexity index is 726. The summed E-state index contributed by atoms with van der Waals surface area (Å²) in [5, 5.41) is 2.98. The molecule has 2 aromatic rings. The second-order valence-corrected chi connectivity index (χ2v) is 7.36. The van der Waals surface area contributed by atoms with Crippen LogP contribution in [0.3, 0.4) is 0 Å². The lowest BCUT2D eigenvalue weighted by Gasteiger charge is -2.35. The van der Waals surface area contributed by atoms with Gasteiger partial charge in [-0.3, -0.25) is 4.90 Å². The summed E-state index contributed by atoms with van der Waals surface area (Å²) in [5.41, 5.74) is 1.91. The first-order valence-corrected chi connectivity index (χ1v) is 9.80. The van der Waals surface area contributed by atoms with Crippen molar-refractivity contribution < 1.29 is 9.53 Å². The van der Waals surface area contributed by atoms with Crippen molar-refractivity contribution in [3.8, 4) is 5.75 Å². The Hall–Kier alpha value is -2.57. The third-order valence-corrected chi connectivity index (χ3v) is 4.88. The van der Waals surface area contributed by atoms with Crippen molar-refractivity contribution in [1.29, 1.82) is 0 Å². The molecule has 3 rings (SSSR count). The number of likely N-dealkylation sites (N-methyl/N-ethyl adjacent to an activating group) is 1. The molecule has 1 aliphatic heterocycles. The molecule has 0 radical (unpaired) electrons.